The van der Waals surface area contributed by atoms with E-state index in [2.05, 4.69) is 5.32 Å². The maximum absolute atomic E-state index is 13.2. The number of nitrogens with zero attached hydrogens (tertiary/aromatic N) is 1. The largest absolute Gasteiger partial charge is 0.336 e. The van der Waals surface area contributed by atoms with Crippen molar-refractivity contribution in [2.75, 3.05) is 19.6 Å². The number of nitrogens with one attached hydrogen (secondary N) is 1. The highest BCUT2D eigenvalue weighted by atomic mass is 35.5. The Bertz CT molecular complexity index is 517. The van der Waals surface area contributed by atoms with Crippen LogP contribution in [0.1, 0.15) is 56.6 Å². The molecule has 1 amide bonds. The number of hydrogen-bond acceptors (Lipinski definition) is 2. The summed E-state index contributed by atoms with van der Waals surface area (Å²) in [6, 6.07) is 6.80. The van der Waals surface area contributed by atoms with Crippen LogP contribution in [0.3, 0.4) is 0 Å². The summed E-state index contributed by atoms with van der Waals surface area (Å²) in [4.78, 5) is 14.8. The molecule has 0 radical (unpaired) electrons. The van der Waals surface area contributed by atoms with Crippen molar-refractivity contribution in [2.24, 2.45) is 5.92 Å². The molecule has 0 saturated carbocycles. The third-order valence-corrected chi connectivity index (χ3v) is 5.30. The predicted octanol–water partition coefficient (Wildman–Crippen LogP) is 4.08. The minimum absolute atomic E-state index is 0. The molecule has 3 nitrogen and oxygen atoms in total. The molecule has 2 aliphatic rings. The lowest BCUT2D eigenvalue weighted by Gasteiger charge is -2.36. The van der Waals surface area contributed by atoms with Crippen LogP contribution in [0.25, 0.3) is 0 Å². The van der Waals surface area contributed by atoms with Crippen molar-refractivity contribution in [3.63, 3.8) is 0 Å². The highest BCUT2D eigenvalue weighted by molar-refractivity contribution is 5.85. The fourth-order valence-corrected chi connectivity index (χ4v) is 3.90. The molecule has 1 unspecified atom stereocenters. The molecule has 2 aliphatic heterocycles. The summed E-state index contributed by atoms with van der Waals surface area (Å²) in [5, 5.41) is 3.37. The Hall–Kier alpha value is -1.13. The molecule has 2 saturated heterocycles. The van der Waals surface area contributed by atoms with E-state index in [0.717, 1.165) is 50.9 Å². The Morgan fingerprint density at radius 3 is 2.54 bits per heavy atom. The number of likely N-dealkylation sites (tertiary alicyclic amines) is 1. The molecule has 24 heavy (non-hydrogen) atoms. The van der Waals surface area contributed by atoms with Crippen LogP contribution in [0.5, 0.6) is 0 Å². The maximum Gasteiger partial charge on any atom is 0.223 e. The van der Waals surface area contributed by atoms with Crippen LogP contribution in [0.4, 0.5) is 4.39 Å². The van der Waals surface area contributed by atoms with Gasteiger partial charge in [-0.25, -0.2) is 4.39 Å². The molecule has 5 heteroatoms. The maximum atomic E-state index is 13.2. The number of hydrogen-bond donors (Lipinski definition) is 1. The lowest BCUT2D eigenvalue weighted by Crippen LogP contribution is -2.38. The Kier molecular flexibility index (Phi) is 7.50. The summed E-state index contributed by atoms with van der Waals surface area (Å²) >= 11 is 0. The van der Waals surface area contributed by atoms with Gasteiger partial charge >= 0.3 is 0 Å². The molecule has 1 atom stereocenters. The highest BCUT2D eigenvalue weighted by Gasteiger charge is 2.28. The SMILES string of the molecule is Cl.O=C(CCC1CCNCC1)N1CCCCC1c1ccc(F)cc1. The number of benzene rings is 1. The number of piperidine rings is 2. The molecule has 2 fully saturated rings. The van der Waals surface area contributed by atoms with E-state index in [1.807, 2.05) is 17.0 Å². The Labute approximate surface area is 150 Å². The van der Waals surface area contributed by atoms with Crippen molar-refractivity contribution >= 4 is 18.3 Å². The van der Waals surface area contributed by atoms with Gasteiger partial charge in [-0.2, -0.15) is 0 Å². The van der Waals surface area contributed by atoms with Crippen LogP contribution >= 0.6 is 12.4 Å². The fraction of sp³-hybridized carbons (Fsp3) is 0.632. The first kappa shape index (κ1) is 19.2. The van der Waals surface area contributed by atoms with Crippen LogP contribution in [0.2, 0.25) is 0 Å². The van der Waals surface area contributed by atoms with E-state index in [0.29, 0.717) is 12.3 Å². The molecule has 1 N–H and O–H groups in total. The van der Waals surface area contributed by atoms with Crippen LogP contribution in [0, 0.1) is 11.7 Å². The number of carbonyl (C=O) groups excluding carboxylic acids is 1. The third-order valence-electron chi connectivity index (χ3n) is 5.30. The molecule has 3 rings (SSSR count). The molecule has 0 aliphatic carbocycles. The first-order valence-corrected chi connectivity index (χ1v) is 8.99. The van der Waals surface area contributed by atoms with E-state index in [-0.39, 0.29) is 30.2 Å². The molecule has 2 heterocycles. The first-order chi connectivity index (χ1) is 11.2. The van der Waals surface area contributed by atoms with Gasteiger partial charge in [-0.3, -0.25) is 4.79 Å². The quantitative estimate of drug-likeness (QED) is 0.883. The molecule has 0 bridgehead atoms. The van der Waals surface area contributed by atoms with Gasteiger partial charge < -0.3 is 10.2 Å². The minimum Gasteiger partial charge on any atom is -0.336 e. The molecule has 134 valence electrons. The summed E-state index contributed by atoms with van der Waals surface area (Å²) in [6.45, 7) is 3.01. The number of carbonyl (C=O) groups is 1. The van der Waals surface area contributed by atoms with Gasteiger partial charge in [0, 0.05) is 13.0 Å². The Balaban J connectivity index is 0.00000208. The van der Waals surface area contributed by atoms with Crippen LogP contribution in [0.15, 0.2) is 24.3 Å². The van der Waals surface area contributed by atoms with Gasteiger partial charge in [0.1, 0.15) is 5.82 Å². The van der Waals surface area contributed by atoms with Crippen molar-refractivity contribution in [1.29, 1.82) is 0 Å². The average molecular weight is 355 g/mol. The standard InChI is InChI=1S/C19H27FN2O.ClH/c20-17-7-5-16(6-8-17)18-3-1-2-14-22(18)19(23)9-4-15-10-12-21-13-11-15;/h5-8,15,18,21H,1-4,9-14H2;1H. The number of halogens is 2. The Morgan fingerprint density at radius 1 is 1.12 bits per heavy atom. The lowest BCUT2D eigenvalue weighted by molar-refractivity contribution is -0.135. The van der Waals surface area contributed by atoms with Crippen LogP contribution < -0.4 is 5.32 Å². The second-order valence-electron chi connectivity index (χ2n) is 6.88. The van der Waals surface area contributed by atoms with Crippen molar-refractivity contribution in [1.82, 2.24) is 10.2 Å². The van der Waals surface area contributed by atoms with Gasteiger partial charge in [0.25, 0.3) is 0 Å². The van der Waals surface area contributed by atoms with Crippen molar-refractivity contribution in [3.05, 3.63) is 35.6 Å². The van der Waals surface area contributed by atoms with Gasteiger partial charge in [0.15, 0.2) is 0 Å². The summed E-state index contributed by atoms with van der Waals surface area (Å²) in [5.74, 6) is 0.750. The summed E-state index contributed by atoms with van der Waals surface area (Å²) in [5.41, 5.74) is 1.07. The van der Waals surface area contributed by atoms with E-state index in [4.69, 9.17) is 0 Å². The second-order valence-corrected chi connectivity index (χ2v) is 6.88. The van der Waals surface area contributed by atoms with E-state index < -0.39 is 0 Å². The fourth-order valence-electron chi connectivity index (χ4n) is 3.90. The molecule has 0 spiro atoms. The number of rotatable bonds is 4. The van der Waals surface area contributed by atoms with Crippen molar-refractivity contribution in [2.45, 2.75) is 51.0 Å². The molecular formula is C19H28ClFN2O. The van der Waals surface area contributed by atoms with Crippen molar-refractivity contribution < 1.29 is 9.18 Å². The minimum atomic E-state index is -0.214. The molecule has 0 aromatic heterocycles. The first-order valence-electron chi connectivity index (χ1n) is 8.99. The van der Waals surface area contributed by atoms with E-state index in [1.54, 1.807) is 0 Å². The lowest BCUT2D eigenvalue weighted by atomic mass is 9.91. The highest BCUT2D eigenvalue weighted by Crippen LogP contribution is 2.32. The topological polar surface area (TPSA) is 32.3 Å². The molecule has 1 aromatic rings. The summed E-state index contributed by atoms with van der Waals surface area (Å²) in [7, 11) is 0. The molecular weight excluding hydrogens is 327 g/mol. The van der Waals surface area contributed by atoms with E-state index in [1.165, 1.54) is 25.0 Å². The predicted molar refractivity (Wildman–Crippen MR) is 96.8 cm³/mol. The molecule has 1 aromatic carbocycles. The van der Waals surface area contributed by atoms with Gasteiger partial charge in [0.2, 0.25) is 5.91 Å². The monoisotopic (exact) mass is 354 g/mol. The zero-order valence-electron chi connectivity index (χ0n) is 14.2. The average Bonchev–Trinajstić information content (AvgIpc) is 2.61. The number of amides is 1. The third kappa shape index (κ3) is 4.93. The zero-order chi connectivity index (χ0) is 16.1. The van der Waals surface area contributed by atoms with E-state index in [9.17, 15) is 9.18 Å². The second kappa shape index (κ2) is 9.38. The van der Waals surface area contributed by atoms with Gasteiger partial charge in [-0.1, -0.05) is 12.1 Å². The van der Waals surface area contributed by atoms with Crippen LogP contribution in [-0.2, 0) is 4.79 Å². The summed E-state index contributed by atoms with van der Waals surface area (Å²) < 4.78 is 13.2. The van der Waals surface area contributed by atoms with Gasteiger partial charge in [-0.05, 0) is 75.2 Å². The van der Waals surface area contributed by atoms with Gasteiger partial charge in [-0.15, -0.1) is 12.4 Å². The zero-order valence-corrected chi connectivity index (χ0v) is 15.0. The smallest absolute Gasteiger partial charge is 0.223 e. The van der Waals surface area contributed by atoms with E-state index >= 15 is 0 Å². The summed E-state index contributed by atoms with van der Waals surface area (Å²) in [6.07, 6.45) is 7.25. The Morgan fingerprint density at radius 2 is 1.83 bits per heavy atom. The van der Waals surface area contributed by atoms with Crippen LogP contribution in [-0.4, -0.2) is 30.4 Å². The normalized spacial score (nSPS) is 22.0. The van der Waals surface area contributed by atoms with Crippen molar-refractivity contribution in [3.8, 4) is 0 Å². The van der Waals surface area contributed by atoms with Gasteiger partial charge in [0.05, 0.1) is 6.04 Å².